The second kappa shape index (κ2) is 2.74. The van der Waals surface area contributed by atoms with E-state index in [9.17, 15) is 4.79 Å². The summed E-state index contributed by atoms with van der Waals surface area (Å²) in [5.74, 6) is -1.14. The molecule has 0 amide bonds. The van der Waals surface area contributed by atoms with Gasteiger partial charge in [-0.25, -0.2) is 4.79 Å². The second-order valence-electron chi connectivity index (χ2n) is 2.25. The fourth-order valence-electron chi connectivity index (χ4n) is 0.753. The molecule has 4 N–H and O–H groups in total. The highest BCUT2D eigenvalue weighted by atomic mass is 16.7. The van der Waals surface area contributed by atoms with Crippen LogP contribution in [0.25, 0.3) is 0 Å². The predicted molar refractivity (Wildman–Crippen MR) is 30.1 cm³/mol. The van der Waals surface area contributed by atoms with E-state index in [1.807, 2.05) is 0 Å². The number of ether oxygens (including phenoxy) is 1. The van der Waals surface area contributed by atoms with Gasteiger partial charge < -0.3 is 25.2 Å². The van der Waals surface area contributed by atoms with Crippen LogP contribution in [0.3, 0.4) is 0 Å². The van der Waals surface area contributed by atoms with Crippen molar-refractivity contribution in [2.45, 2.75) is 24.6 Å². The first-order chi connectivity index (χ1) is 5.04. The summed E-state index contributed by atoms with van der Waals surface area (Å²) in [7, 11) is 0. The van der Waals surface area contributed by atoms with Gasteiger partial charge in [-0.2, -0.15) is 0 Å². The lowest BCUT2D eigenvalue weighted by Gasteiger charge is -2.30. The molecule has 0 bridgehead atoms. The lowest BCUT2D eigenvalue weighted by atomic mass is 10.1. The minimum atomic E-state index is -1.78. The topological polar surface area (TPSA) is 107 Å². The molecule has 0 aliphatic carbocycles. The third-order valence-corrected chi connectivity index (χ3v) is 1.44. The van der Waals surface area contributed by atoms with Gasteiger partial charge in [-0.1, -0.05) is 0 Å². The maximum Gasteiger partial charge on any atom is 0.340 e. The molecule has 1 rings (SSSR count). The van der Waals surface area contributed by atoms with Crippen molar-refractivity contribution in [2.75, 3.05) is 0 Å². The molecule has 0 aromatic heterocycles. The molecule has 0 saturated carbocycles. The Morgan fingerprint density at radius 3 is 2.18 bits per heavy atom. The molecule has 0 spiro atoms. The Morgan fingerprint density at radius 2 is 1.64 bits per heavy atom. The molecule has 64 valence electrons. The molecular weight excluding hydrogens is 156 g/mol. The van der Waals surface area contributed by atoms with E-state index in [0.29, 0.717) is 0 Å². The number of esters is 1. The van der Waals surface area contributed by atoms with Gasteiger partial charge in [-0.3, -0.25) is 0 Å². The number of cyclic esters (lactones) is 1. The third-order valence-electron chi connectivity index (χ3n) is 1.44. The highest BCUT2D eigenvalue weighted by molar-refractivity contribution is 5.76. The third kappa shape index (κ3) is 1.33. The van der Waals surface area contributed by atoms with E-state index in [-0.39, 0.29) is 0 Å². The van der Waals surface area contributed by atoms with Gasteiger partial charge in [0.25, 0.3) is 0 Å². The lowest BCUT2D eigenvalue weighted by Crippen LogP contribution is -2.55. The van der Waals surface area contributed by atoms with E-state index in [2.05, 4.69) is 4.74 Å². The normalized spacial score (nSPS) is 45.3. The van der Waals surface area contributed by atoms with E-state index in [1.165, 1.54) is 0 Å². The monoisotopic (exact) mass is 164 g/mol. The Morgan fingerprint density at radius 1 is 1.09 bits per heavy atom. The van der Waals surface area contributed by atoms with Crippen molar-refractivity contribution in [3.8, 4) is 0 Å². The zero-order chi connectivity index (χ0) is 8.59. The first-order valence-electron chi connectivity index (χ1n) is 2.97. The molecule has 1 unspecified atom stereocenters. The standard InChI is InChI=1S/C5H8O6/c6-1-2(7)4(9)11-5(10)3(1)8/h1-4,6-9H/t1-,2-,3-,4?/m1/s1. The molecule has 1 saturated heterocycles. The first kappa shape index (κ1) is 8.41. The summed E-state index contributed by atoms with van der Waals surface area (Å²) in [5, 5.41) is 35.0. The minimum absolute atomic E-state index is 1.14. The van der Waals surface area contributed by atoms with E-state index in [4.69, 9.17) is 20.4 Å². The predicted octanol–water partition coefficient (Wildman–Crippen LogP) is -3.06. The van der Waals surface area contributed by atoms with Crippen LogP contribution in [0.1, 0.15) is 0 Å². The van der Waals surface area contributed by atoms with Crippen molar-refractivity contribution in [3.05, 3.63) is 0 Å². The van der Waals surface area contributed by atoms with Crippen molar-refractivity contribution >= 4 is 5.97 Å². The molecule has 1 aliphatic rings. The zero-order valence-corrected chi connectivity index (χ0v) is 5.41. The quantitative estimate of drug-likeness (QED) is 0.283. The number of aliphatic hydroxyl groups is 4. The molecule has 0 radical (unpaired) electrons. The number of carbonyl (C=O) groups excluding carboxylic acids is 1. The van der Waals surface area contributed by atoms with Gasteiger partial charge in [-0.05, 0) is 0 Å². The Kier molecular flexibility index (Phi) is 2.10. The molecule has 4 atom stereocenters. The van der Waals surface area contributed by atoms with Crippen LogP contribution in [0.2, 0.25) is 0 Å². The van der Waals surface area contributed by atoms with Gasteiger partial charge in [0.05, 0.1) is 0 Å². The van der Waals surface area contributed by atoms with Crippen LogP contribution in [0.5, 0.6) is 0 Å². The van der Waals surface area contributed by atoms with Crippen LogP contribution in [0, 0.1) is 0 Å². The number of carbonyl (C=O) groups is 1. The molecule has 1 fully saturated rings. The molecule has 0 aromatic rings. The van der Waals surface area contributed by atoms with Crippen molar-refractivity contribution in [1.29, 1.82) is 0 Å². The number of aliphatic hydroxyl groups excluding tert-OH is 4. The summed E-state index contributed by atoms with van der Waals surface area (Å²) in [6.07, 6.45) is -6.89. The maximum atomic E-state index is 10.5. The SMILES string of the molecule is O=C1OC(O)[C@H](O)[C@@H](O)[C@H]1O. The highest BCUT2D eigenvalue weighted by Crippen LogP contribution is 2.14. The van der Waals surface area contributed by atoms with Gasteiger partial charge in [0.15, 0.2) is 6.10 Å². The van der Waals surface area contributed by atoms with E-state index in [1.54, 1.807) is 0 Å². The molecule has 1 aliphatic heterocycles. The Bertz CT molecular complexity index is 168. The average molecular weight is 164 g/mol. The maximum absolute atomic E-state index is 10.5. The van der Waals surface area contributed by atoms with Crippen LogP contribution < -0.4 is 0 Å². The van der Waals surface area contributed by atoms with Crippen molar-refractivity contribution in [2.24, 2.45) is 0 Å². The van der Waals surface area contributed by atoms with E-state index in [0.717, 1.165) is 0 Å². The lowest BCUT2D eigenvalue weighted by molar-refractivity contribution is -0.241. The summed E-state index contributed by atoms with van der Waals surface area (Å²) in [4.78, 5) is 10.5. The Labute approximate surface area is 61.6 Å². The van der Waals surface area contributed by atoms with Crippen molar-refractivity contribution < 1.29 is 30.0 Å². The molecule has 6 nitrogen and oxygen atoms in total. The summed E-state index contributed by atoms with van der Waals surface area (Å²) in [6.45, 7) is 0. The van der Waals surface area contributed by atoms with Gasteiger partial charge in [0, 0.05) is 0 Å². The van der Waals surface area contributed by atoms with Gasteiger partial charge >= 0.3 is 5.97 Å². The fourth-order valence-corrected chi connectivity index (χ4v) is 0.753. The molecule has 1 heterocycles. The van der Waals surface area contributed by atoms with Gasteiger partial charge in [0.1, 0.15) is 12.2 Å². The van der Waals surface area contributed by atoms with Crippen LogP contribution in [0.4, 0.5) is 0 Å². The Hall–Kier alpha value is -0.690. The van der Waals surface area contributed by atoms with Crippen LogP contribution in [-0.4, -0.2) is 51.0 Å². The van der Waals surface area contributed by atoms with E-state index >= 15 is 0 Å². The minimum Gasteiger partial charge on any atom is -0.431 e. The van der Waals surface area contributed by atoms with Crippen LogP contribution >= 0.6 is 0 Å². The van der Waals surface area contributed by atoms with Crippen LogP contribution in [0.15, 0.2) is 0 Å². The number of rotatable bonds is 0. The molecule has 11 heavy (non-hydrogen) atoms. The van der Waals surface area contributed by atoms with Crippen molar-refractivity contribution in [3.63, 3.8) is 0 Å². The summed E-state index contributed by atoms with van der Waals surface area (Å²) >= 11 is 0. The average Bonchev–Trinajstić information content (AvgIpc) is 1.97. The largest absolute Gasteiger partial charge is 0.431 e. The van der Waals surface area contributed by atoms with E-state index < -0.39 is 30.6 Å². The Balaban J connectivity index is 2.70. The highest BCUT2D eigenvalue weighted by Gasteiger charge is 2.42. The smallest absolute Gasteiger partial charge is 0.340 e. The zero-order valence-electron chi connectivity index (χ0n) is 5.41. The van der Waals surface area contributed by atoms with Gasteiger partial charge in [0.2, 0.25) is 6.29 Å². The summed E-state index contributed by atoms with van der Waals surface area (Å²) < 4.78 is 4.04. The molecule has 6 heteroatoms. The first-order valence-corrected chi connectivity index (χ1v) is 2.97. The fraction of sp³-hybridized carbons (Fsp3) is 0.800. The summed E-state index contributed by atoms with van der Waals surface area (Å²) in [5.41, 5.74) is 0. The second-order valence-corrected chi connectivity index (χ2v) is 2.25. The molecule has 0 aromatic carbocycles. The number of hydrogen-bond donors (Lipinski definition) is 4. The van der Waals surface area contributed by atoms with Crippen LogP contribution in [-0.2, 0) is 9.53 Å². The molecular formula is C5H8O6. The summed E-state index contributed by atoms with van der Waals surface area (Å²) in [6, 6.07) is 0. The van der Waals surface area contributed by atoms with Gasteiger partial charge in [-0.15, -0.1) is 0 Å². The number of hydrogen-bond acceptors (Lipinski definition) is 6. The van der Waals surface area contributed by atoms with Crippen molar-refractivity contribution in [1.82, 2.24) is 0 Å².